The Bertz CT molecular complexity index is 875. The van der Waals surface area contributed by atoms with E-state index in [2.05, 4.69) is 10.3 Å². The Morgan fingerprint density at radius 2 is 1.92 bits per heavy atom. The van der Waals surface area contributed by atoms with Gasteiger partial charge >= 0.3 is 0 Å². The number of rotatable bonds is 6. The largest absolute Gasteiger partial charge is 0.493 e. The summed E-state index contributed by atoms with van der Waals surface area (Å²) in [7, 11) is 3.18. The first-order chi connectivity index (χ1) is 12.5. The Morgan fingerprint density at radius 1 is 1.19 bits per heavy atom. The minimum Gasteiger partial charge on any atom is -0.493 e. The number of hydrogen-bond donors (Lipinski definition) is 2. The zero-order valence-corrected chi connectivity index (χ0v) is 15.0. The zero-order chi connectivity index (χ0) is 18.7. The van der Waals surface area contributed by atoms with E-state index in [9.17, 15) is 9.59 Å². The summed E-state index contributed by atoms with van der Waals surface area (Å²) in [4.78, 5) is 26.9. The number of hydrogen-bond acceptors (Lipinski definition) is 5. The predicted molar refractivity (Wildman–Crippen MR) is 96.0 cm³/mol. The molecule has 0 spiro atoms. The Hall–Kier alpha value is -2.96. The molecule has 7 heteroatoms. The van der Waals surface area contributed by atoms with Crippen LogP contribution in [0.15, 0.2) is 29.2 Å². The summed E-state index contributed by atoms with van der Waals surface area (Å²) in [5, 5.41) is 2.95. The van der Waals surface area contributed by atoms with Crippen LogP contribution in [0.5, 0.6) is 17.2 Å². The molecular weight excluding hydrogens is 336 g/mol. The summed E-state index contributed by atoms with van der Waals surface area (Å²) in [6, 6.07) is 5.16. The first-order valence-electron chi connectivity index (χ1n) is 8.38. The highest BCUT2D eigenvalue weighted by Gasteiger charge is 2.26. The number of carbonyl (C=O) groups is 1. The second-order valence-electron chi connectivity index (χ2n) is 6.20. The van der Waals surface area contributed by atoms with Gasteiger partial charge in [0, 0.05) is 18.0 Å². The third-order valence-corrected chi connectivity index (χ3v) is 4.44. The van der Waals surface area contributed by atoms with Crippen LogP contribution in [-0.2, 0) is 11.2 Å². The van der Waals surface area contributed by atoms with E-state index < -0.39 is 0 Å². The topological polar surface area (TPSA) is 89.7 Å². The van der Waals surface area contributed by atoms with E-state index in [1.807, 2.05) is 12.1 Å². The SMILES string of the molecule is COc1cc2c(cc1OC)[C@H](NC(=O)COc1c[nH]c(C)cc1=O)CC2. The number of aromatic amines is 1. The molecule has 0 fully saturated rings. The average Bonchev–Trinajstić information content (AvgIpc) is 3.01. The molecule has 0 unspecified atom stereocenters. The molecule has 1 aliphatic carbocycles. The number of benzene rings is 1. The fraction of sp³-hybridized carbons (Fsp3) is 0.368. The Balaban J connectivity index is 1.65. The number of pyridine rings is 1. The van der Waals surface area contributed by atoms with Gasteiger partial charge in [-0.15, -0.1) is 0 Å². The van der Waals surface area contributed by atoms with Gasteiger partial charge in [-0.1, -0.05) is 0 Å². The van der Waals surface area contributed by atoms with Crippen LogP contribution in [0.4, 0.5) is 0 Å². The van der Waals surface area contributed by atoms with Crippen LogP contribution < -0.4 is 25.0 Å². The third-order valence-electron chi connectivity index (χ3n) is 4.44. The molecule has 0 radical (unpaired) electrons. The van der Waals surface area contributed by atoms with Gasteiger partial charge in [0.05, 0.1) is 20.3 Å². The van der Waals surface area contributed by atoms with E-state index in [0.717, 1.165) is 29.7 Å². The van der Waals surface area contributed by atoms with Gasteiger partial charge in [0.25, 0.3) is 5.91 Å². The molecule has 0 bridgehead atoms. The molecule has 138 valence electrons. The second kappa shape index (κ2) is 7.51. The van der Waals surface area contributed by atoms with E-state index in [-0.39, 0.29) is 29.7 Å². The summed E-state index contributed by atoms with van der Waals surface area (Å²) in [6.45, 7) is 1.56. The van der Waals surface area contributed by atoms with E-state index >= 15 is 0 Å². The first kappa shape index (κ1) is 17.8. The van der Waals surface area contributed by atoms with Gasteiger partial charge < -0.3 is 24.5 Å². The van der Waals surface area contributed by atoms with Crippen molar-refractivity contribution in [1.82, 2.24) is 10.3 Å². The van der Waals surface area contributed by atoms with E-state index in [1.54, 1.807) is 21.1 Å². The maximum atomic E-state index is 12.2. The van der Waals surface area contributed by atoms with Crippen LogP contribution in [-0.4, -0.2) is 31.7 Å². The summed E-state index contributed by atoms with van der Waals surface area (Å²) in [5.41, 5.74) is 2.63. The molecule has 1 heterocycles. The molecule has 1 aromatic carbocycles. The summed E-state index contributed by atoms with van der Waals surface area (Å²) in [6.07, 6.45) is 3.11. The van der Waals surface area contributed by atoms with E-state index in [4.69, 9.17) is 14.2 Å². The Kier molecular flexibility index (Phi) is 5.16. The van der Waals surface area contributed by atoms with Crippen LogP contribution in [0, 0.1) is 6.92 Å². The Morgan fingerprint density at radius 3 is 2.62 bits per heavy atom. The fourth-order valence-corrected chi connectivity index (χ4v) is 3.13. The normalized spacial score (nSPS) is 15.3. The molecule has 0 aliphatic heterocycles. The molecule has 1 amide bonds. The molecule has 1 aliphatic rings. The molecule has 0 saturated heterocycles. The number of carbonyl (C=O) groups excluding carboxylic acids is 1. The molecule has 2 N–H and O–H groups in total. The smallest absolute Gasteiger partial charge is 0.258 e. The number of ether oxygens (including phenoxy) is 3. The van der Waals surface area contributed by atoms with Gasteiger partial charge in [0.2, 0.25) is 5.43 Å². The number of aryl methyl sites for hydroxylation is 2. The first-order valence-corrected chi connectivity index (χ1v) is 8.38. The van der Waals surface area contributed by atoms with Crippen molar-refractivity contribution in [2.45, 2.75) is 25.8 Å². The molecule has 0 saturated carbocycles. The molecular formula is C19H22N2O5. The third kappa shape index (κ3) is 3.66. The summed E-state index contributed by atoms with van der Waals surface area (Å²) in [5.74, 6) is 1.16. The number of methoxy groups -OCH3 is 2. The highest BCUT2D eigenvalue weighted by Crippen LogP contribution is 2.39. The van der Waals surface area contributed by atoms with E-state index in [0.29, 0.717) is 11.5 Å². The summed E-state index contributed by atoms with van der Waals surface area (Å²) >= 11 is 0. The molecule has 3 rings (SSSR count). The molecule has 2 aromatic rings. The highest BCUT2D eigenvalue weighted by atomic mass is 16.5. The second-order valence-corrected chi connectivity index (χ2v) is 6.20. The monoisotopic (exact) mass is 358 g/mol. The number of fused-ring (bicyclic) bond motifs is 1. The predicted octanol–water partition coefficient (Wildman–Crippen LogP) is 1.88. The van der Waals surface area contributed by atoms with Crippen molar-refractivity contribution in [3.8, 4) is 17.2 Å². The van der Waals surface area contributed by atoms with E-state index in [1.165, 1.54) is 12.3 Å². The lowest BCUT2D eigenvalue weighted by Gasteiger charge is -2.16. The highest BCUT2D eigenvalue weighted by molar-refractivity contribution is 5.78. The van der Waals surface area contributed by atoms with Crippen molar-refractivity contribution in [3.05, 3.63) is 51.4 Å². The number of amides is 1. The Labute approximate surface area is 151 Å². The maximum Gasteiger partial charge on any atom is 0.258 e. The van der Waals surface area contributed by atoms with Crippen LogP contribution in [0.1, 0.15) is 29.3 Å². The van der Waals surface area contributed by atoms with Crippen LogP contribution in [0.2, 0.25) is 0 Å². The molecule has 7 nitrogen and oxygen atoms in total. The van der Waals surface area contributed by atoms with Gasteiger partial charge in [-0.25, -0.2) is 0 Å². The number of H-pyrrole nitrogens is 1. The van der Waals surface area contributed by atoms with Crippen LogP contribution in [0.3, 0.4) is 0 Å². The van der Waals surface area contributed by atoms with Gasteiger partial charge in [-0.05, 0) is 43.0 Å². The average molecular weight is 358 g/mol. The standard InChI is InChI=1S/C19H22N2O5/c1-11-6-15(22)18(9-20-11)26-10-19(23)21-14-5-4-12-7-16(24-2)17(25-3)8-13(12)14/h6-9,14H,4-5,10H2,1-3H3,(H,20,22)(H,21,23)/t14-/m1/s1. The minimum atomic E-state index is -0.280. The maximum absolute atomic E-state index is 12.2. The van der Waals surface area contributed by atoms with Crippen molar-refractivity contribution in [2.75, 3.05) is 20.8 Å². The summed E-state index contributed by atoms with van der Waals surface area (Å²) < 4.78 is 16.0. The van der Waals surface area contributed by atoms with Crippen molar-refractivity contribution in [2.24, 2.45) is 0 Å². The van der Waals surface area contributed by atoms with Crippen molar-refractivity contribution in [3.63, 3.8) is 0 Å². The van der Waals surface area contributed by atoms with Crippen molar-refractivity contribution in [1.29, 1.82) is 0 Å². The van der Waals surface area contributed by atoms with Crippen molar-refractivity contribution < 1.29 is 19.0 Å². The number of nitrogens with one attached hydrogen (secondary N) is 2. The fourth-order valence-electron chi connectivity index (χ4n) is 3.13. The molecule has 1 atom stereocenters. The lowest BCUT2D eigenvalue weighted by Crippen LogP contribution is -2.32. The quantitative estimate of drug-likeness (QED) is 0.823. The molecule has 26 heavy (non-hydrogen) atoms. The van der Waals surface area contributed by atoms with Gasteiger partial charge in [-0.2, -0.15) is 0 Å². The lowest BCUT2D eigenvalue weighted by atomic mass is 10.1. The van der Waals surface area contributed by atoms with Gasteiger partial charge in [-0.3, -0.25) is 9.59 Å². The van der Waals surface area contributed by atoms with Crippen molar-refractivity contribution >= 4 is 5.91 Å². The molecule has 1 aromatic heterocycles. The minimum absolute atomic E-state index is 0.114. The van der Waals surface area contributed by atoms with Crippen LogP contribution in [0.25, 0.3) is 0 Å². The zero-order valence-electron chi connectivity index (χ0n) is 15.0. The van der Waals surface area contributed by atoms with Gasteiger partial charge in [0.1, 0.15) is 0 Å². The van der Waals surface area contributed by atoms with Gasteiger partial charge in [0.15, 0.2) is 23.9 Å². The van der Waals surface area contributed by atoms with Crippen LogP contribution >= 0.6 is 0 Å². The number of aromatic nitrogens is 1. The lowest BCUT2D eigenvalue weighted by molar-refractivity contribution is -0.123.